The lowest BCUT2D eigenvalue weighted by Gasteiger charge is -2.31. The van der Waals surface area contributed by atoms with Gasteiger partial charge in [0.25, 0.3) is 0 Å². The van der Waals surface area contributed by atoms with Gasteiger partial charge in [-0.15, -0.1) is 0 Å². The Labute approximate surface area is 144 Å². The van der Waals surface area contributed by atoms with Crippen molar-refractivity contribution in [1.29, 1.82) is 0 Å². The van der Waals surface area contributed by atoms with E-state index in [1.54, 1.807) is 24.0 Å². The molecule has 1 aromatic carbocycles. The Kier molecular flexibility index (Phi) is 6.65. The Hall–Kier alpha value is -1.82. The number of hydrogen-bond acceptors (Lipinski definition) is 3. The molecule has 5 nitrogen and oxygen atoms in total. The van der Waals surface area contributed by atoms with E-state index in [2.05, 4.69) is 21.2 Å². The molecular formula is C17H21BrN2O3. The van der Waals surface area contributed by atoms with E-state index >= 15 is 0 Å². The largest absolute Gasteiger partial charge is 0.450 e. The minimum atomic E-state index is -0.271. The van der Waals surface area contributed by atoms with Crippen LogP contribution in [0, 0.1) is 0 Å². The molecule has 2 rings (SSSR count). The summed E-state index contributed by atoms with van der Waals surface area (Å²) >= 11 is 3.38. The number of amides is 2. The lowest BCUT2D eigenvalue weighted by Crippen LogP contribution is -2.46. The normalized spacial score (nSPS) is 15.7. The maximum atomic E-state index is 12.0. The summed E-state index contributed by atoms with van der Waals surface area (Å²) in [6.45, 7) is 3.40. The van der Waals surface area contributed by atoms with Crippen molar-refractivity contribution in [1.82, 2.24) is 10.2 Å². The summed E-state index contributed by atoms with van der Waals surface area (Å²) < 4.78 is 5.99. The standard InChI is InChI=1S/C17H21BrN2O3/c1-2-23-17(22)20-11-9-15(10-12-20)19-16(21)8-5-13-3-6-14(18)7-4-13/h3-8,15H,2,9-12H2,1H3,(H,19,21)/b8-5+. The molecule has 0 bridgehead atoms. The number of likely N-dealkylation sites (tertiary alicyclic amines) is 1. The summed E-state index contributed by atoms with van der Waals surface area (Å²) in [6, 6.07) is 7.84. The second kappa shape index (κ2) is 8.72. The van der Waals surface area contributed by atoms with Crippen LogP contribution >= 0.6 is 15.9 Å². The third-order valence-corrected chi connectivity index (χ3v) is 4.19. The highest BCUT2D eigenvalue weighted by Crippen LogP contribution is 2.13. The average Bonchev–Trinajstić information content (AvgIpc) is 2.55. The van der Waals surface area contributed by atoms with Crippen molar-refractivity contribution in [2.24, 2.45) is 0 Å². The molecule has 1 aliphatic heterocycles. The van der Waals surface area contributed by atoms with Gasteiger partial charge in [-0.1, -0.05) is 28.1 Å². The maximum Gasteiger partial charge on any atom is 0.409 e. The van der Waals surface area contributed by atoms with Crippen molar-refractivity contribution in [2.45, 2.75) is 25.8 Å². The van der Waals surface area contributed by atoms with E-state index in [0.29, 0.717) is 19.7 Å². The van der Waals surface area contributed by atoms with Crippen LogP contribution < -0.4 is 5.32 Å². The Morgan fingerprint density at radius 3 is 2.57 bits per heavy atom. The monoisotopic (exact) mass is 380 g/mol. The van der Waals surface area contributed by atoms with Crippen molar-refractivity contribution in [3.8, 4) is 0 Å². The summed E-state index contributed by atoms with van der Waals surface area (Å²) in [5, 5.41) is 2.98. The first-order valence-corrected chi connectivity index (χ1v) is 8.53. The van der Waals surface area contributed by atoms with Crippen LogP contribution in [0.25, 0.3) is 6.08 Å². The van der Waals surface area contributed by atoms with Crippen LogP contribution in [0.1, 0.15) is 25.3 Å². The number of piperidine rings is 1. The average molecular weight is 381 g/mol. The molecule has 0 unspecified atom stereocenters. The van der Waals surface area contributed by atoms with Gasteiger partial charge in [-0.25, -0.2) is 4.79 Å². The van der Waals surface area contributed by atoms with Crippen molar-refractivity contribution < 1.29 is 14.3 Å². The molecule has 0 radical (unpaired) electrons. The first-order valence-electron chi connectivity index (χ1n) is 7.74. The van der Waals surface area contributed by atoms with Crippen LogP contribution in [0.2, 0.25) is 0 Å². The van der Waals surface area contributed by atoms with Gasteiger partial charge in [0.05, 0.1) is 6.61 Å². The SMILES string of the molecule is CCOC(=O)N1CCC(NC(=O)/C=C/c2ccc(Br)cc2)CC1. The van der Waals surface area contributed by atoms with Crippen molar-refractivity contribution in [3.63, 3.8) is 0 Å². The first-order chi connectivity index (χ1) is 11.1. The number of nitrogens with zero attached hydrogens (tertiary/aromatic N) is 1. The van der Waals surface area contributed by atoms with E-state index in [-0.39, 0.29) is 18.0 Å². The van der Waals surface area contributed by atoms with Crippen LogP contribution in [0.5, 0.6) is 0 Å². The Morgan fingerprint density at radius 2 is 1.96 bits per heavy atom. The minimum absolute atomic E-state index is 0.0998. The van der Waals surface area contributed by atoms with E-state index in [0.717, 1.165) is 22.9 Å². The summed E-state index contributed by atoms with van der Waals surface area (Å²) in [5.74, 6) is -0.109. The number of rotatable bonds is 4. The van der Waals surface area contributed by atoms with Gasteiger partial charge in [-0.2, -0.15) is 0 Å². The molecule has 2 amide bonds. The topological polar surface area (TPSA) is 58.6 Å². The van der Waals surface area contributed by atoms with Crippen LogP contribution in [0.15, 0.2) is 34.8 Å². The van der Waals surface area contributed by atoms with Crippen molar-refractivity contribution in [3.05, 3.63) is 40.4 Å². The molecule has 0 atom stereocenters. The summed E-state index contributed by atoms with van der Waals surface area (Å²) in [5.41, 5.74) is 0.973. The lowest BCUT2D eigenvalue weighted by atomic mass is 10.1. The predicted octanol–water partition coefficient (Wildman–Crippen LogP) is 3.20. The second-order valence-electron chi connectivity index (χ2n) is 5.35. The molecular weight excluding hydrogens is 360 g/mol. The second-order valence-corrected chi connectivity index (χ2v) is 6.27. The van der Waals surface area contributed by atoms with Crippen LogP contribution in [-0.2, 0) is 9.53 Å². The van der Waals surface area contributed by atoms with Crippen molar-refractivity contribution in [2.75, 3.05) is 19.7 Å². The molecule has 0 saturated carbocycles. The quantitative estimate of drug-likeness (QED) is 0.815. The number of benzene rings is 1. The van der Waals surface area contributed by atoms with E-state index in [9.17, 15) is 9.59 Å². The van der Waals surface area contributed by atoms with E-state index in [1.165, 1.54) is 0 Å². The van der Waals surface area contributed by atoms with Gasteiger partial charge in [-0.3, -0.25) is 4.79 Å². The molecule has 1 fully saturated rings. The zero-order valence-corrected chi connectivity index (χ0v) is 14.7. The van der Waals surface area contributed by atoms with Gasteiger partial charge in [0.2, 0.25) is 5.91 Å². The van der Waals surface area contributed by atoms with Gasteiger partial charge in [-0.05, 0) is 43.5 Å². The Morgan fingerprint density at radius 1 is 1.30 bits per heavy atom. The highest BCUT2D eigenvalue weighted by molar-refractivity contribution is 9.10. The summed E-state index contributed by atoms with van der Waals surface area (Å²) in [6.07, 6.45) is 4.55. The first kappa shape index (κ1) is 17.5. The van der Waals surface area contributed by atoms with Gasteiger partial charge < -0.3 is 15.0 Å². The minimum Gasteiger partial charge on any atom is -0.450 e. The number of nitrogens with one attached hydrogen (secondary N) is 1. The van der Waals surface area contributed by atoms with Crippen LogP contribution in [-0.4, -0.2) is 42.6 Å². The number of hydrogen-bond donors (Lipinski definition) is 1. The van der Waals surface area contributed by atoms with Gasteiger partial charge >= 0.3 is 6.09 Å². The molecule has 1 saturated heterocycles. The van der Waals surface area contributed by atoms with Crippen LogP contribution in [0.4, 0.5) is 4.79 Å². The molecule has 23 heavy (non-hydrogen) atoms. The molecule has 124 valence electrons. The third-order valence-electron chi connectivity index (χ3n) is 3.66. The Balaban J connectivity index is 1.76. The molecule has 1 aliphatic rings. The summed E-state index contributed by atoms with van der Waals surface area (Å²) in [4.78, 5) is 25.3. The molecule has 0 aromatic heterocycles. The maximum absolute atomic E-state index is 12.0. The van der Waals surface area contributed by atoms with Gasteiger partial charge in [0.15, 0.2) is 0 Å². The molecule has 1 aromatic rings. The van der Waals surface area contributed by atoms with Gasteiger partial charge in [0.1, 0.15) is 0 Å². The fraction of sp³-hybridized carbons (Fsp3) is 0.412. The predicted molar refractivity (Wildman–Crippen MR) is 92.9 cm³/mol. The van der Waals surface area contributed by atoms with Gasteiger partial charge in [0, 0.05) is 29.7 Å². The number of carbonyl (C=O) groups is 2. The van der Waals surface area contributed by atoms with E-state index in [1.807, 2.05) is 24.3 Å². The van der Waals surface area contributed by atoms with Crippen molar-refractivity contribution >= 4 is 34.0 Å². The molecule has 1 N–H and O–H groups in total. The zero-order valence-electron chi connectivity index (χ0n) is 13.1. The molecule has 0 aliphatic carbocycles. The number of halogens is 1. The third kappa shape index (κ3) is 5.71. The lowest BCUT2D eigenvalue weighted by molar-refractivity contribution is -0.117. The Bertz CT molecular complexity index is 564. The van der Waals surface area contributed by atoms with E-state index in [4.69, 9.17) is 4.74 Å². The number of carbonyl (C=O) groups excluding carboxylic acids is 2. The summed E-state index contributed by atoms with van der Waals surface area (Å²) in [7, 11) is 0. The van der Waals surface area contributed by atoms with Crippen LogP contribution in [0.3, 0.4) is 0 Å². The molecule has 6 heteroatoms. The fourth-order valence-corrected chi connectivity index (χ4v) is 2.68. The zero-order chi connectivity index (χ0) is 16.7. The number of ether oxygens (including phenoxy) is 1. The van der Waals surface area contributed by atoms with E-state index < -0.39 is 0 Å². The fourth-order valence-electron chi connectivity index (χ4n) is 2.42. The smallest absolute Gasteiger partial charge is 0.409 e. The molecule has 0 spiro atoms. The highest BCUT2D eigenvalue weighted by atomic mass is 79.9. The molecule has 1 heterocycles. The highest BCUT2D eigenvalue weighted by Gasteiger charge is 2.23.